The quantitative estimate of drug-likeness (QED) is 0.749. The number of ether oxygens (including phenoxy) is 1. The number of hydrogen-bond acceptors (Lipinski definition) is 4. The first-order valence-electron chi connectivity index (χ1n) is 7.77. The van der Waals surface area contributed by atoms with Crippen LogP contribution in [0.3, 0.4) is 0 Å². The topological polar surface area (TPSA) is 76.5 Å². The highest BCUT2D eigenvalue weighted by Gasteiger charge is 2.26. The van der Waals surface area contributed by atoms with Crippen LogP contribution in [0.15, 0.2) is 18.9 Å². The van der Waals surface area contributed by atoms with E-state index in [9.17, 15) is 9.59 Å². The molecule has 0 spiro atoms. The summed E-state index contributed by atoms with van der Waals surface area (Å²) in [5, 5.41) is 7.42. The Hall–Kier alpha value is -2.15. The van der Waals surface area contributed by atoms with Crippen LogP contribution in [0.4, 0.5) is 0 Å². The minimum absolute atomic E-state index is 0.0168. The van der Waals surface area contributed by atoms with Crippen LogP contribution < -0.4 is 5.32 Å². The Morgan fingerprint density at radius 3 is 3.09 bits per heavy atom. The predicted octanol–water partition coefficient (Wildman–Crippen LogP) is 0.668. The summed E-state index contributed by atoms with van der Waals surface area (Å²) < 4.78 is 7.02. The van der Waals surface area contributed by atoms with E-state index >= 15 is 0 Å². The summed E-state index contributed by atoms with van der Waals surface area (Å²) in [5.41, 5.74) is 2.23. The van der Waals surface area contributed by atoms with Gasteiger partial charge < -0.3 is 15.0 Å². The molecule has 0 aliphatic heterocycles. The van der Waals surface area contributed by atoms with E-state index in [1.807, 2.05) is 10.9 Å². The molecular formula is C16H24N4O3. The Kier molecular flexibility index (Phi) is 5.92. The lowest BCUT2D eigenvalue weighted by atomic mass is 9.93. The van der Waals surface area contributed by atoms with Crippen LogP contribution >= 0.6 is 0 Å². The van der Waals surface area contributed by atoms with Crippen LogP contribution in [-0.4, -0.2) is 53.8 Å². The largest absolute Gasteiger partial charge is 0.383 e. The molecule has 2 rings (SSSR count). The second-order valence-electron chi connectivity index (χ2n) is 5.68. The van der Waals surface area contributed by atoms with E-state index in [4.69, 9.17) is 4.74 Å². The Morgan fingerprint density at radius 1 is 1.61 bits per heavy atom. The number of amides is 2. The highest BCUT2D eigenvalue weighted by atomic mass is 16.5. The van der Waals surface area contributed by atoms with Gasteiger partial charge in [-0.05, 0) is 30.9 Å². The second kappa shape index (κ2) is 7.92. The van der Waals surface area contributed by atoms with Crippen LogP contribution in [0.25, 0.3) is 0 Å². The van der Waals surface area contributed by atoms with Crippen molar-refractivity contribution in [1.82, 2.24) is 20.0 Å². The fourth-order valence-electron chi connectivity index (χ4n) is 2.85. The first-order chi connectivity index (χ1) is 11.1. The second-order valence-corrected chi connectivity index (χ2v) is 5.68. The molecule has 0 bridgehead atoms. The molecule has 1 N–H and O–H groups in total. The number of hydrogen-bond donors (Lipinski definition) is 1. The molecule has 0 saturated heterocycles. The molecule has 1 aromatic heterocycles. The molecule has 2 amide bonds. The number of nitrogens with one attached hydrogen (secondary N) is 1. The molecule has 1 heterocycles. The molecule has 0 fully saturated rings. The molecule has 23 heavy (non-hydrogen) atoms. The van der Waals surface area contributed by atoms with Crippen molar-refractivity contribution < 1.29 is 14.3 Å². The molecule has 7 heteroatoms. The van der Waals surface area contributed by atoms with Gasteiger partial charge in [0.05, 0.1) is 37.6 Å². The number of aryl methyl sites for hydroxylation is 1. The lowest BCUT2D eigenvalue weighted by Crippen LogP contribution is -2.40. The lowest BCUT2D eigenvalue weighted by molar-refractivity contribution is -0.131. The van der Waals surface area contributed by atoms with E-state index in [0.29, 0.717) is 13.2 Å². The van der Waals surface area contributed by atoms with Crippen molar-refractivity contribution in [3.63, 3.8) is 0 Å². The molecule has 1 aliphatic carbocycles. The van der Waals surface area contributed by atoms with Crippen LogP contribution in [0.1, 0.15) is 30.1 Å². The number of fused-ring (bicyclic) bond motifs is 1. The number of aromatic nitrogens is 2. The van der Waals surface area contributed by atoms with E-state index in [1.165, 1.54) is 16.5 Å². The van der Waals surface area contributed by atoms with Crippen LogP contribution in [0, 0.1) is 0 Å². The molecule has 1 unspecified atom stereocenters. The molecule has 1 aliphatic rings. The number of carbonyl (C=O) groups is 2. The van der Waals surface area contributed by atoms with Gasteiger partial charge in [-0.2, -0.15) is 5.10 Å². The Morgan fingerprint density at radius 2 is 2.39 bits per heavy atom. The minimum Gasteiger partial charge on any atom is -0.383 e. The van der Waals surface area contributed by atoms with Gasteiger partial charge in [0, 0.05) is 14.2 Å². The molecular weight excluding hydrogens is 296 g/mol. The van der Waals surface area contributed by atoms with E-state index in [1.54, 1.807) is 14.2 Å². The highest BCUT2D eigenvalue weighted by Crippen LogP contribution is 2.29. The molecule has 1 atom stereocenters. The van der Waals surface area contributed by atoms with Gasteiger partial charge in [-0.1, -0.05) is 6.58 Å². The summed E-state index contributed by atoms with van der Waals surface area (Å²) in [6.07, 6.45) is 5.93. The maximum atomic E-state index is 12.2. The summed E-state index contributed by atoms with van der Waals surface area (Å²) in [4.78, 5) is 25.0. The predicted molar refractivity (Wildman–Crippen MR) is 85.8 cm³/mol. The lowest BCUT2D eigenvalue weighted by Gasteiger charge is -2.26. The third kappa shape index (κ3) is 4.19. The van der Waals surface area contributed by atoms with E-state index in [-0.39, 0.29) is 24.4 Å². The number of nitrogens with zero attached hydrogens (tertiary/aromatic N) is 3. The Labute approximate surface area is 136 Å². The zero-order chi connectivity index (χ0) is 16.8. The maximum absolute atomic E-state index is 12.2. The van der Waals surface area contributed by atoms with Gasteiger partial charge in [0.15, 0.2) is 0 Å². The van der Waals surface area contributed by atoms with Crippen molar-refractivity contribution in [2.45, 2.75) is 31.8 Å². The monoisotopic (exact) mass is 320 g/mol. The van der Waals surface area contributed by atoms with E-state index in [0.717, 1.165) is 25.0 Å². The van der Waals surface area contributed by atoms with Crippen molar-refractivity contribution >= 4 is 11.8 Å². The van der Waals surface area contributed by atoms with Crippen LogP contribution in [0.5, 0.6) is 0 Å². The summed E-state index contributed by atoms with van der Waals surface area (Å²) >= 11 is 0. The van der Waals surface area contributed by atoms with Gasteiger partial charge in [0.2, 0.25) is 11.8 Å². The zero-order valence-electron chi connectivity index (χ0n) is 13.7. The standard InChI is InChI=1S/C16H24N4O3/c1-4-15(22)19(2)11-14(21)18-13-7-5-6-12-10-17-20(16(12)13)8-9-23-3/h4,10,13H,1,5-9,11H2,2-3H3,(H,18,21). The third-order valence-corrected chi connectivity index (χ3v) is 4.00. The number of likely N-dealkylation sites (N-methyl/N-ethyl adjacent to an activating group) is 1. The van der Waals surface area contributed by atoms with Crippen LogP contribution in [0.2, 0.25) is 0 Å². The van der Waals surface area contributed by atoms with Crippen molar-refractivity contribution in [2.24, 2.45) is 0 Å². The van der Waals surface area contributed by atoms with Crippen molar-refractivity contribution in [1.29, 1.82) is 0 Å². The Bertz CT molecular complexity index is 582. The van der Waals surface area contributed by atoms with Gasteiger partial charge in [-0.15, -0.1) is 0 Å². The minimum atomic E-state index is -0.269. The number of rotatable bonds is 7. The smallest absolute Gasteiger partial charge is 0.246 e. The highest BCUT2D eigenvalue weighted by molar-refractivity contribution is 5.90. The average molecular weight is 320 g/mol. The Balaban J connectivity index is 2.04. The fraction of sp³-hybridized carbons (Fsp3) is 0.562. The maximum Gasteiger partial charge on any atom is 0.246 e. The molecule has 0 saturated carbocycles. The van der Waals surface area contributed by atoms with Crippen molar-refractivity contribution in [3.05, 3.63) is 30.1 Å². The van der Waals surface area contributed by atoms with E-state index < -0.39 is 0 Å². The first kappa shape index (κ1) is 17.2. The third-order valence-electron chi connectivity index (χ3n) is 4.00. The molecule has 0 aromatic carbocycles. The number of methoxy groups -OCH3 is 1. The van der Waals surface area contributed by atoms with Crippen molar-refractivity contribution in [3.8, 4) is 0 Å². The van der Waals surface area contributed by atoms with E-state index in [2.05, 4.69) is 17.0 Å². The molecule has 0 radical (unpaired) electrons. The summed E-state index contributed by atoms with van der Waals surface area (Å²) in [6.45, 7) is 4.67. The number of carbonyl (C=O) groups excluding carboxylic acids is 2. The first-order valence-corrected chi connectivity index (χ1v) is 7.77. The summed E-state index contributed by atoms with van der Waals surface area (Å²) in [7, 11) is 3.24. The normalized spacial score (nSPS) is 16.5. The molecule has 126 valence electrons. The van der Waals surface area contributed by atoms with Gasteiger partial charge in [-0.25, -0.2) is 0 Å². The van der Waals surface area contributed by atoms with Gasteiger partial charge in [0.1, 0.15) is 0 Å². The van der Waals surface area contributed by atoms with Crippen molar-refractivity contribution in [2.75, 3.05) is 27.3 Å². The molecule has 7 nitrogen and oxygen atoms in total. The van der Waals surface area contributed by atoms with Gasteiger partial charge >= 0.3 is 0 Å². The summed E-state index contributed by atoms with van der Waals surface area (Å²) in [5.74, 6) is -0.449. The zero-order valence-corrected chi connectivity index (χ0v) is 13.7. The summed E-state index contributed by atoms with van der Waals surface area (Å²) in [6, 6.07) is -0.0714. The van der Waals surface area contributed by atoms with Gasteiger partial charge in [-0.3, -0.25) is 14.3 Å². The molecule has 1 aromatic rings. The van der Waals surface area contributed by atoms with Crippen LogP contribution in [-0.2, 0) is 27.3 Å². The fourth-order valence-corrected chi connectivity index (χ4v) is 2.85. The average Bonchev–Trinajstić information content (AvgIpc) is 2.96. The SMILES string of the molecule is C=CC(=O)N(C)CC(=O)NC1CCCc2cnn(CCOC)c21. The van der Waals surface area contributed by atoms with Gasteiger partial charge in [0.25, 0.3) is 0 Å².